The first-order valence-electron chi connectivity index (χ1n) is 4.18. The number of halogens is 1. The van der Waals surface area contributed by atoms with E-state index in [1.54, 1.807) is 12.1 Å². The summed E-state index contributed by atoms with van der Waals surface area (Å²) in [5, 5.41) is 0. The van der Waals surface area contributed by atoms with E-state index in [0.717, 1.165) is 5.56 Å². The van der Waals surface area contributed by atoms with Crippen molar-refractivity contribution >= 4 is 9.84 Å². The van der Waals surface area contributed by atoms with Crippen LogP contribution in [-0.2, 0) is 16.4 Å². The molecular weight excluding hydrogens is 205 g/mol. The van der Waals surface area contributed by atoms with Crippen LogP contribution in [0.3, 0.4) is 0 Å². The Balaban J connectivity index is 3.07. The van der Waals surface area contributed by atoms with Gasteiger partial charge in [0.25, 0.3) is 0 Å². The van der Waals surface area contributed by atoms with Gasteiger partial charge in [-0.15, -0.1) is 0 Å². The third-order valence-electron chi connectivity index (χ3n) is 1.84. The largest absolute Gasteiger partial charge is 0.326 e. The molecule has 5 heteroatoms. The summed E-state index contributed by atoms with van der Waals surface area (Å²) < 4.78 is 34.8. The normalized spacial score (nSPS) is 11.6. The third-order valence-corrected chi connectivity index (χ3v) is 3.50. The van der Waals surface area contributed by atoms with Gasteiger partial charge in [-0.05, 0) is 17.7 Å². The maximum atomic E-state index is 12.0. The molecule has 0 fully saturated rings. The van der Waals surface area contributed by atoms with Crippen LogP contribution in [-0.4, -0.2) is 20.8 Å². The summed E-state index contributed by atoms with van der Waals surface area (Å²) in [7, 11) is -3.47. The highest BCUT2D eigenvalue weighted by atomic mass is 32.2. The lowest BCUT2D eigenvalue weighted by Gasteiger charge is -2.03. The molecular formula is C9H12FNO2S. The van der Waals surface area contributed by atoms with Crippen LogP contribution >= 0.6 is 0 Å². The second kappa shape index (κ2) is 4.52. The molecule has 14 heavy (non-hydrogen) atoms. The molecule has 0 heterocycles. The van der Waals surface area contributed by atoms with E-state index in [0.29, 0.717) is 0 Å². The Morgan fingerprint density at radius 3 is 2.64 bits per heavy atom. The van der Waals surface area contributed by atoms with Crippen molar-refractivity contribution in [2.24, 2.45) is 5.73 Å². The first-order valence-corrected chi connectivity index (χ1v) is 5.83. The molecule has 0 aliphatic rings. The molecule has 2 N–H and O–H groups in total. The van der Waals surface area contributed by atoms with Crippen LogP contribution in [0, 0.1) is 0 Å². The Bertz CT molecular complexity index is 403. The lowest BCUT2D eigenvalue weighted by Crippen LogP contribution is -2.09. The van der Waals surface area contributed by atoms with E-state index in [1.807, 2.05) is 0 Å². The van der Waals surface area contributed by atoms with Gasteiger partial charge in [-0.3, -0.25) is 0 Å². The molecule has 0 atom stereocenters. The fourth-order valence-electron chi connectivity index (χ4n) is 1.09. The lowest BCUT2D eigenvalue weighted by molar-refractivity contribution is 0.517. The number of sulfone groups is 1. The number of alkyl halides is 1. The summed E-state index contributed by atoms with van der Waals surface area (Å²) in [5.74, 6) is -0.471. The van der Waals surface area contributed by atoms with Gasteiger partial charge in [-0.1, -0.05) is 12.1 Å². The van der Waals surface area contributed by atoms with Crippen molar-refractivity contribution in [3.05, 3.63) is 29.8 Å². The standard InChI is InChI=1S/C9H12FNO2S/c10-4-5-14(12,13)9-3-1-2-8(6-9)7-11/h1-3,6H,4-5,7,11H2. The predicted molar refractivity (Wildman–Crippen MR) is 52.4 cm³/mol. The fraction of sp³-hybridized carbons (Fsp3) is 0.333. The van der Waals surface area contributed by atoms with E-state index in [-0.39, 0.29) is 11.4 Å². The van der Waals surface area contributed by atoms with E-state index in [4.69, 9.17) is 5.73 Å². The van der Waals surface area contributed by atoms with E-state index >= 15 is 0 Å². The number of rotatable bonds is 4. The highest BCUT2D eigenvalue weighted by molar-refractivity contribution is 7.91. The Morgan fingerprint density at radius 2 is 2.07 bits per heavy atom. The fourth-order valence-corrected chi connectivity index (χ4v) is 2.14. The summed E-state index contributed by atoms with van der Waals surface area (Å²) >= 11 is 0. The zero-order valence-electron chi connectivity index (χ0n) is 7.61. The molecule has 0 aliphatic heterocycles. The molecule has 1 rings (SSSR count). The first kappa shape index (κ1) is 11.1. The molecule has 0 amide bonds. The van der Waals surface area contributed by atoms with Gasteiger partial charge in [0, 0.05) is 6.54 Å². The molecule has 78 valence electrons. The predicted octanol–water partition coefficient (Wildman–Crippen LogP) is 0.889. The quantitative estimate of drug-likeness (QED) is 0.814. The Hall–Kier alpha value is -0.940. The Kier molecular flexibility index (Phi) is 3.60. The maximum Gasteiger partial charge on any atom is 0.180 e. The van der Waals surface area contributed by atoms with Crippen LogP contribution in [0.25, 0.3) is 0 Å². The second-order valence-corrected chi connectivity index (χ2v) is 4.97. The molecule has 0 saturated carbocycles. The summed E-state index contributed by atoms with van der Waals surface area (Å²) in [6.45, 7) is -0.589. The summed E-state index contributed by atoms with van der Waals surface area (Å²) in [5.41, 5.74) is 6.09. The van der Waals surface area contributed by atoms with Gasteiger partial charge in [0.1, 0.15) is 6.67 Å². The second-order valence-electron chi connectivity index (χ2n) is 2.86. The monoisotopic (exact) mass is 217 g/mol. The minimum atomic E-state index is -3.47. The highest BCUT2D eigenvalue weighted by Gasteiger charge is 2.13. The Labute approximate surface area is 82.7 Å². The summed E-state index contributed by atoms with van der Waals surface area (Å²) in [6.07, 6.45) is 0. The van der Waals surface area contributed by atoms with Crippen molar-refractivity contribution in [2.45, 2.75) is 11.4 Å². The average Bonchev–Trinajstić information content (AvgIpc) is 2.18. The van der Waals surface area contributed by atoms with Crippen molar-refractivity contribution in [1.29, 1.82) is 0 Å². The van der Waals surface area contributed by atoms with Gasteiger partial charge >= 0.3 is 0 Å². The molecule has 1 aromatic carbocycles. The molecule has 0 radical (unpaired) electrons. The van der Waals surface area contributed by atoms with Crippen LogP contribution in [0.1, 0.15) is 5.56 Å². The molecule has 0 spiro atoms. The van der Waals surface area contributed by atoms with Crippen molar-refractivity contribution in [1.82, 2.24) is 0 Å². The van der Waals surface area contributed by atoms with E-state index < -0.39 is 22.3 Å². The van der Waals surface area contributed by atoms with Crippen LogP contribution in [0.4, 0.5) is 4.39 Å². The van der Waals surface area contributed by atoms with Gasteiger partial charge in [-0.2, -0.15) is 0 Å². The zero-order chi connectivity index (χ0) is 10.6. The number of hydrogen-bond donors (Lipinski definition) is 1. The number of benzene rings is 1. The van der Waals surface area contributed by atoms with Crippen LogP contribution in [0.2, 0.25) is 0 Å². The smallest absolute Gasteiger partial charge is 0.180 e. The third kappa shape index (κ3) is 2.52. The number of hydrogen-bond acceptors (Lipinski definition) is 3. The minimum Gasteiger partial charge on any atom is -0.326 e. The van der Waals surface area contributed by atoms with Crippen molar-refractivity contribution in [2.75, 3.05) is 12.4 Å². The molecule has 0 aromatic heterocycles. The lowest BCUT2D eigenvalue weighted by atomic mass is 10.2. The molecule has 0 saturated heterocycles. The van der Waals surface area contributed by atoms with E-state index in [9.17, 15) is 12.8 Å². The topological polar surface area (TPSA) is 60.2 Å². The molecule has 1 aromatic rings. The van der Waals surface area contributed by atoms with Crippen LogP contribution in [0.5, 0.6) is 0 Å². The van der Waals surface area contributed by atoms with Gasteiger partial charge < -0.3 is 5.73 Å². The number of nitrogens with two attached hydrogens (primary N) is 1. The van der Waals surface area contributed by atoms with Crippen molar-refractivity contribution in [3.63, 3.8) is 0 Å². The van der Waals surface area contributed by atoms with Crippen LogP contribution < -0.4 is 5.73 Å². The van der Waals surface area contributed by atoms with Crippen molar-refractivity contribution < 1.29 is 12.8 Å². The van der Waals surface area contributed by atoms with E-state index in [1.165, 1.54) is 12.1 Å². The van der Waals surface area contributed by atoms with Gasteiger partial charge in [0.2, 0.25) is 0 Å². The molecule has 0 unspecified atom stereocenters. The van der Waals surface area contributed by atoms with Crippen molar-refractivity contribution in [3.8, 4) is 0 Å². The summed E-state index contributed by atoms with van der Waals surface area (Å²) in [4.78, 5) is 0.137. The van der Waals surface area contributed by atoms with Gasteiger partial charge in [-0.25, -0.2) is 12.8 Å². The summed E-state index contributed by atoms with van der Waals surface area (Å²) in [6, 6.07) is 6.26. The average molecular weight is 217 g/mol. The maximum absolute atomic E-state index is 12.0. The minimum absolute atomic E-state index is 0.137. The van der Waals surface area contributed by atoms with Gasteiger partial charge in [0.05, 0.1) is 10.6 Å². The Morgan fingerprint density at radius 1 is 1.36 bits per heavy atom. The van der Waals surface area contributed by atoms with Crippen LogP contribution in [0.15, 0.2) is 29.2 Å². The molecule has 0 bridgehead atoms. The first-order chi connectivity index (χ1) is 6.60. The van der Waals surface area contributed by atoms with E-state index in [2.05, 4.69) is 0 Å². The zero-order valence-corrected chi connectivity index (χ0v) is 8.43. The molecule has 3 nitrogen and oxygen atoms in total. The van der Waals surface area contributed by atoms with Gasteiger partial charge in [0.15, 0.2) is 9.84 Å². The molecule has 0 aliphatic carbocycles. The highest BCUT2D eigenvalue weighted by Crippen LogP contribution is 2.12. The SMILES string of the molecule is NCc1cccc(S(=O)(=O)CCF)c1.